The number of benzene rings is 1. The van der Waals surface area contributed by atoms with E-state index in [0.29, 0.717) is 6.04 Å². The molecule has 4 nitrogen and oxygen atoms in total. The molecule has 1 aromatic heterocycles. The van der Waals surface area contributed by atoms with Crippen molar-refractivity contribution in [1.82, 2.24) is 14.7 Å². The van der Waals surface area contributed by atoms with Crippen molar-refractivity contribution in [3.63, 3.8) is 0 Å². The van der Waals surface area contributed by atoms with Gasteiger partial charge in [0.1, 0.15) is 0 Å². The largest absolute Gasteiger partial charge is 0.381 e. The number of hydrogen-bond acceptors (Lipinski definition) is 3. The molecule has 1 saturated heterocycles. The first-order valence-corrected chi connectivity index (χ1v) is 7.32. The van der Waals surface area contributed by atoms with Gasteiger partial charge in [0.05, 0.1) is 6.54 Å². The summed E-state index contributed by atoms with van der Waals surface area (Å²) in [6.45, 7) is 3.15. The van der Waals surface area contributed by atoms with Crippen LogP contribution in [0.25, 0.3) is 0 Å². The Bertz CT molecular complexity index is 535. The molecule has 0 radical (unpaired) electrons. The summed E-state index contributed by atoms with van der Waals surface area (Å²) in [4.78, 5) is 2.40. The standard InChI is InChI=1S/C16H22N4/c1-19-10-4-7-15(13-19)18-16-8-3-2-6-14(16)12-20-11-5-9-17-20/h2-3,5-6,8-9,11,15,18H,4,7,10,12-13H2,1H3. The molecule has 0 spiro atoms. The number of nitrogens with zero attached hydrogens (tertiary/aromatic N) is 3. The van der Waals surface area contributed by atoms with Crippen LogP contribution in [0.3, 0.4) is 0 Å². The van der Waals surface area contributed by atoms with Gasteiger partial charge in [-0.3, -0.25) is 4.68 Å². The second kappa shape index (κ2) is 6.09. The van der Waals surface area contributed by atoms with Crippen LogP contribution in [0, 0.1) is 0 Å². The number of para-hydroxylation sites is 1. The van der Waals surface area contributed by atoms with Crippen LogP contribution in [0.4, 0.5) is 5.69 Å². The number of nitrogens with one attached hydrogen (secondary N) is 1. The highest BCUT2D eigenvalue weighted by molar-refractivity contribution is 5.52. The molecule has 0 saturated carbocycles. The molecule has 1 fully saturated rings. The summed E-state index contributed by atoms with van der Waals surface area (Å²) < 4.78 is 1.97. The van der Waals surface area contributed by atoms with Crippen LogP contribution in [-0.4, -0.2) is 40.9 Å². The molecular weight excluding hydrogens is 248 g/mol. The predicted octanol–water partition coefficient (Wildman–Crippen LogP) is 2.44. The van der Waals surface area contributed by atoms with Crippen molar-refractivity contribution in [2.75, 3.05) is 25.5 Å². The molecule has 0 aliphatic carbocycles. The number of hydrogen-bond donors (Lipinski definition) is 1. The second-order valence-electron chi connectivity index (χ2n) is 5.61. The summed E-state index contributed by atoms with van der Waals surface area (Å²) in [5.41, 5.74) is 2.53. The highest BCUT2D eigenvalue weighted by Crippen LogP contribution is 2.20. The summed E-state index contributed by atoms with van der Waals surface area (Å²) in [7, 11) is 2.20. The average Bonchev–Trinajstić information content (AvgIpc) is 2.94. The number of rotatable bonds is 4. The van der Waals surface area contributed by atoms with Crippen LogP contribution < -0.4 is 5.32 Å². The second-order valence-corrected chi connectivity index (χ2v) is 5.61. The lowest BCUT2D eigenvalue weighted by atomic mass is 10.0. The first kappa shape index (κ1) is 13.2. The normalized spacial score (nSPS) is 19.9. The fourth-order valence-electron chi connectivity index (χ4n) is 2.87. The van der Waals surface area contributed by atoms with Gasteiger partial charge in [-0.2, -0.15) is 5.10 Å². The fourth-order valence-corrected chi connectivity index (χ4v) is 2.87. The molecule has 0 amide bonds. The highest BCUT2D eigenvalue weighted by atomic mass is 15.3. The molecule has 1 aromatic carbocycles. The van der Waals surface area contributed by atoms with Gasteiger partial charge in [-0.15, -0.1) is 0 Å². The van der Waals surface area contributed by atoms with Crippen molar-refractivity contribution in [3.05, 3.63) is 48.3 Å². The maximum atomic E-state index is 4.29. The lowest BCUT2D eigenvalue weighted by Crippen LogP contribution is -2.39. The molecule has 2 heterocycles. The Morgan fingerprint density at radius 2 is 2.20 bits per heavy atom. The average molecular weight is 270 g/mol. The maximum absolute atomic E-state index is 4.29. The molecule has 3 rings (SSSR count). The Labute approximate surface area is 120 Å². The highest BCUT2D eigenvalue weighted by Gasteiger charge is 2.17. The molecule has 1 aliphatic rings. The summed E-state index contributed by atoms with van der Waals surface area (Å²) in [6, 6.07) is 11.1. The number of aromatic nitrogens is 2. The zero-order valence-electron chi connectivity index (χ0n) is 12.0. The van der Waals surface area contributed by atoms with E-state index in [1.807, 2.05) is 23.1 Å². The van der Waals surface area contributed by atoms with Crippen LogP contribution in [0.2, 0.25) is 0 Å². The van der Waals surface area contributed by atoms with E-state index in [2.05, 4.69) is 46.6 Å². The van der Waals surface area contributed by atoms with E-state index >= 15 is 0 Å². The van der Waals surface area contributed by atoms with Gasteiger partial charge in [0.15, 0.2) is 0 Å². The summed E-state index contributed by atoms with van der Waals surface area (Å²) in [5.74, 6) is 0. The van der Waals surface area contributed by atoms with Crippen molar-refractivity contribution in [2.24, 2.45) is 0 Å². The van der Waals surface area contributed by atoms with Crippen LogP contribution in [0.5, 0.6) is 0 Å². The van der Waals surface area contributed by atoms with E-state index in [9.17, 15) is 0 Å². The summed E-state index contributed by atoms with van der Waals surface area (Å²) in [6.07, 6.45) is 6.35. The maximum Gasteiger partial charge on any atom is 0.0679 e. The van der Waals surface area contributed by atoms with Crippen LogP contribution in [0.1, 0.15) is 18.4 Å². The minimum atomic E-state index is 0.549. The third-order valence-corrected chi connectivity index (χ3v) is 3.89. The van der Waals surface area contributed by atoms with Crippen molar-refractivity contribution in [3.8, 4) is 0 Å². The van der Waals surface area contributed by atoms with E-state index in [0.717, 1.165) is 13.1 Å². The number of anilines is 1. The lowest BCUT2D eigenvalue weighted by molar-refractivity contribution is 0.261. The number of piperidine rings is 1. The minimum Gasteiger partial charge on any atom is -0.381 e. The van der Waals surface area contributed by atoms with Gasteiger partial charge in [-0.25, -0.2) is 0 Å². The Kier molecular flexibility index (Phi) is 4.02. The Morgan fingerprint density at radius 3 is 3.00 bits per heavy atom. The SMILES string of the molecule is CN1CCCC(Nc2ccccc2Cn2cccn2)C1. The third kappa shape index (κ3) is 3.20. The van der Waals surface area contributed by atoms with Crippen molar-refractivity contribution in [1.29, 1.82) is 0 Å². The monoisotopic (exact) mass is 270 g/mol. The molecule has 106 valence electrons. The van der Waals surface area contributed by atoms with E-state index in [4.69, 9.17) is 0 Å². The van der Waals surface area contributed by atoms with Crippen LogP contribution in [0.15, 0.2) is 42.7 Å². The Balaban J connectivity index is 1.72. The zero-order chi connectivity index (χ0) is 13.8. The molecule has 1 N–H and O–H groups in total. The summed E-state index contributed by atoms with van der Waals surface area (Å²) in [5, 5.41) is 8.00. The molecule has 4 heteroatoms. The van der Waals surface area contributed by atoms with E-state index in [1.54, 1.807) is 0 Å². The van der Waals surface area contributed by atoms with Crippen molar-refractivity contribution < 1.29 is 0 Å². The third-order valence-electron chi connectivity index (χ3n) is 3.89. The van der Waals surface area contributed by atoms with E-state index < -0.39 is 0 Å². The molecule has 1 atom stereocenters. The van der Waals surface area contributed by atoms with Gasteiger partial charge in [0.25, 0.3) is 0 Å². The first-order chi connectivity index (χ1) is 9.81. The molecule has 20 heavy (non-hydrogen) atoms. The molecular formula is C16H22N4. The van der Waals surface area contributed by atoms with E-state index in [-0.39, 0.29) is 0 Å². The topological polar surface area (TPSA) is 33.1 Å². The molecule has 1 aliphatic heterocycles. The van der Waals surface area contributed by atoms with Crippen molar-refractivity contribution in [2.45, 2.75) is 25.4 Å². The van der Waals surface area contributed by atoms with Gasteiger partial charge in [-0.1, -0.05) is 18.2 Å². The van der Waals surface area contributed by atoms with Crippen LogP contribution in [-0.2, 0) is 6.54 Å². The van der Waals surface area contributed by atoms with Crippen molar-refractivity contribution >= 4 is 5.69 Å². The minimum absolute atomic E-state index is 0.549. The van der Waals surface area contributed by atoms with Crippen LogP contribution >= 0.6 is 0 Å². The van der Waals surface area contributed by atoms with E-state index in [1.165, 1.54) is 30.6 Å². The van der Waals surface area contributed by atoms with Gasteiger partial charge in [0, 0.05) is 30.7 Å². The van der Waals surface area contributed by atoms with Gasteiger partial charge in [0.2, 0.25) is 0 Å². The smallest absolute Gasteiger partial charge is 0.0679 e. The Hall–Kier alpha value is -1.81. The van der Waals surface area contributed by atoms with Gasteiger partial charge in [-0.05, 0) is 44.1 Å². The summed E-state index contributed by atoms with van der Waals surface area (Å²) >= 11 is 0. The first-order valence-electron chi connectivity index (χ1n) is 7.32. The quantitative estimate of drug-likeness (QED) is 0.926. The molecule has 1 unspecified atom stereocenters. The fraction of sp³-hybridized carbons (Fsp3) is 0.438. The number of likely N-dealkylation sites (tertiary alicyclic amines) is 1. The van der Waals surface area contributed by atoms with Gasteiger partial charge >= 0.3 is 0 Å². The van der Waals surface area contributed by atoms with Gasteiger partial charge < -0.3 is 10.2 Å². The number of likely N-dealkylation sites (N-methyl/N-ethyl adjacent to an activating group) is 1. The molecule has 2 aromatic rings. The predicted molar refractivity (Wildman–Crippen MR) is 81.9 cm³/mol. The molecule has 0 bridgehead atoms. The Morgan fingerprint density at radius 1 is 1.30 bits per heavy atom. The zero-order valence-corrected chi connectivity index (χ0v) is 12.0. The lowest BCUT2D eigenvalue weighted by Gasteiger charge is -2.31.